The molecule has 0 rings (SSSR count). The van der Waals surface area contributed by atoms with E-state index in [9.17, 15) is 24.3 Å². The molecule has 0 saturated heterocycles. The van der Waals surface area contributed by atoms with Crippen molar-refractivity contribution in [3.8, 4) is 0 Å². The van der Waals surface area contributed by atoms with Gasteiger partial charge in [-0.2, -0.15) is 25.3 Å². The highest BCUT2D eigenvalue weighted by molar-refractivity contribution is 7.80. The van der Waals surface area contributed by atoms with Crippen molar-refractivity contribution in [1.29, 1.82) is 0 Å². The van der Waals surface area contributed by atoms with Crippen LogP contribution in [-0.4, -0.2) is 83.5 Å². The Bertz CT molecular complexity index is 678. The molecule has 0 spiro atoms. The Morgan fingerprint density at radius 2 is 1.33 bits per heavy atom. The van der Waals surface area contributed by atoms with Crippen molar-refractivity contribution in [2.75, 3.05) is 24.6 Å². The first-order chi connectivity index (χ1) is 15.6. The Balaban J connectivity index is 4.85. The van der Waals surface area contributed by atoms with Gasteiger partial charge in [0.2, 0.25) is 17.7 Å². The zero-order valence-corrected chi connectivity index (χ0v) is 20.2. The van der Waals surface area contributed by atoms with Crippen molar-refractivity contribution in [3.63, 3.8) is 0 Å². The zero-order chi connectivity index (χ0) is 25.4. The molecule has 0 heterocycles. The maximum atomic E-state index is 12.6. The van der Waals surface area contributed by atoms with Crippen LogP contribution in [0.1, 0.15) is 32.1 Å². The molecule has 4 unspecified atom stereocenters. The Hall–Kier alpha value is -2.23. The van der Waals surface area contributed by atoms with E-state index in [1.54, 1.807) is 0 Å². The number of unbranched alkanes of at least 4 members (excludes halogenated alkanes) is 1. The Kier molecular flexibility index (Phi) is 16.1. The van der Waals surface area contributed by atoms with Gasteiger partial charge in [0.05, 0.1) is 6.04 Å². The SMILES string of the molecule is NCCCCC(NC(=O)C(CS)NC(=O)C(CS)NC(=O)C(N)CCCN=C(N)N)C(=O)O. The van der Waals surface area contributed by atoms with Crippen LogP contribution in [0, 0.1) is 0 Å². The lowest BCUT2D eigenvalue weighted by atomic mass is 10.1. The molecule has 0 aliphatic heterocycles. The number of aliphatic carboxylic acids is 1. The second-order valence-electron chi connectivity index (χ2n) is 7.23. The van der Waals surface area contributed by atoms with Gasteiger partial charge in [-0.25, -0.2) is 4.79 Å². The molecule has 4 atom stereocenters. The number of amides is 3. The molecular weight excluding hydrogens is 472 g/mol. The van der Waals surface area contributed by atoms with E-state index in [1.807, 2.05) is 0 Å². The number of aliphatic imine (C=N–C) groups is 1. The van der Waals surface area contributed by atoms with E-state index in [1.165, 1.54) is 0 Å². The van der Waals surface area contributed by atoms with Gasteiger partial charge in [0, 0.05) is 18.1 Å². The van der Waals surface area contributed by atoms with E-state index in [-0.39, 0.29) is 30.3 Å². The monoisotopic (exact) mass is 508 g/mol. The maximum absolute atomic E-state index is 12.6. The second kappa shape index (κ2) is 17.3. The second-order valence-corrected chi connectivity index (χ2v) is 7.96. The van der Waals surface area contributed by atoms with E-state index in [0.29, 0.717) is 32.4 Å². The molecule has 190 valence electrons. The quantitative estimate of drug-likeness (QED) is 0.0413. The molecule has 13 nitrogen and oxygen atoms in total. The standard InChI is InChI=1S/C18H36N8O5S2/c19-6-2-1-5-11(17(30)31)24-15(28)13(9-33)26-16(29)12(8-32)25-14(27)10(20)4-3-7-23-18(21)22/h10-13,32-33H,1-9,19-20H2,(H,24,28)(H,25,27)(H,26,29)(H,30,31)(H4,21,22,23). The average Bonchev–Trinajstić information content (AvgIpc) is 2.76. The lowest BCUT2D eigenvalue weighted by Crippen LogP contribution is -2.58. The summed E-state index contributed by atoms with van der Waals surface area (Å²) < 4.78 is 0. The summed E-state index contributed by atoms with van der Waals surface area (Å²) in [6.07, 6.45) is 2.08. The number of carbonyl (C=O) groups excluding carboxylic acids is 3. The summed E-state index contributed by atoms with van der Waals surface area (Å²) in [6.45, 7) is 0.717. The van der Waals surface area contributed by atoms with Crippen LogP contribution in [0.5, 0.6) is 0 Å². The first-order valence-electron chi connectivity index (χ1n) is 10.4. The van der Waals surface area contributed by atoms with Gasteiger partial charge < -0.3 is 44.0 Å². The minimum absolute atomic E-state index is 0.0595. The van der Waals surface area contributed by atoms with E-state index in [0.717, 1.165) is 0 Å². The Morgan fingerprint density at radius 1 is 0.818 bits per heavy atom. The first-order valence-corrected chi connectivity index (χ1v) is 11.7. The van der Waals surface area contributed by atoms with Crippen LogP contribution in [0.2, 0.25) is 0 Å². The number of hydrogen-bond donors (Lipinski definition) is 10. The number of hydrogen-bond acceptors (Lipinski definition) is 9. The summed E-state index contributed by atoms with van der Waals surface area (Å²) in [6, 6.07) is -4.21. The molecule has 15 heteroatoms. The van der Waals surface area contributed by atoms with Crippen LogP contribution in [0.4, 0.5) is 0 Å². The van der Waals surface area contributed by atoms with Crippen molar-refractivity contribution in [2.45, 2.75) is 56.3 Å². The number of guanidine groups is 1. The van der Waals surface area contributed by atoms with Gasteiger partial charge in [0.25, 0.3) is 0 Å². The molecule has 0 aliphatic carbocycles. The van der Waals surface area contributed by atoms with Crippen LogP contribution >= 0.6 is 25.3 Å². The molecule has 0 aromatic carbocycles. The van der Waals surface area contributed by atoms with Gasteiger partial charge in [0.15, 0.2) is 5.96 Å². The van der Waals surface area contributed by atoms with Crippen molar-refractivity contribution >= 4 is 54.9 Å². The summed E-state index contributed by atoms with van der Waals surface area (Å²) in [7, 11) is 0. The highest BCUT2D eigenvalue weighted by Gasteiger charge is 2.29. The molecule has 0 radical (unpaired) electrons. The molecule has 0 aromatic rings. The summed E-state index contributed by atoms with van der Waals surface area (Å²) in [4.78, 5) is 52.5. The lowest BCUT2D eigenvalue weighted by Gasteiger charge is -2.23. The van der Waals surface area contributed by atoms with Gasteiger partial charge >= 0.3 is 5.97 Å². The summed E-state index contributed by atoms with van der Waals surface area (Å²) in [5.41, 5.74) is 21.7. The summed E-state index contributed by atoms with van der Waals surface area (Å²) in [5, 5.41) is 16.6. The maximum Gasteiger partial charge on any atom is 0.326 e. The molecule has 0 saturated carbocycles. The molecule has 0 aliphatic rings. The number of rotatable bonds is 17. The van der Waals surface area contributed by atoms with Crippen molar-refractivity contribution in [3.05, 3.63) is 0 Å². The van der Waals surface area contributed by atoms with Gasteiger partial charge in [0.1, 0.15) is 18.1 Å². The van der Waals surface area contributed by atoms with Crippen LogP contribution < -0.4 is 38.9 Å². The van der Waals surface area contributed by atoms with Gasteiger partial charge in [-0.15, -0.1) is 0 Å². The third kappa shape index (κ3) is 13.2. The van der Waals surface area contributed by atoms with Crippen molar-refractivity contribution < 1.29 is 24.3 Å². The number of nitrogens with two attached hydrogens (primary N) is 4. The molecule has 0 aromatic heterocycles. The third-order valence-corrected chi connectivity index (χ3v) is 5.23. The fourth-order valence-electron chi connectivity index (χ4n) is 2.61. The normalized spacial score (nSPS) is 14.3. The van der Waals surface area contributed by atoms with E-state index in [2.05, 4.69) is 46.2 Å². The van der Waals surface area contributed by atoms with E-state index < -0.39 is 47.9 Å². The average molecular weight is 509 g/mol. The van der Waals surface area contributed by atoms with Crippen LogP contribution in [-0.2, 0) is 19.2 Å². The number of thiol groups is 2. The first kappa shape index (κ1) is 30.8. The third-order valence-electron chi connectivity index (χ3n) is 4.50. The van der Waals surface area contributed by atoms with Gasteiger partial charge in [-0.3, -0.25) is 19.4 Å². The highest BCUT2D eigenvalue weighted by atomic mass is 32.1. The Labute approximate surface area is 204 Å². The summed E-state index contributed by atoms with van der Waals surface area (Å²) in [5.74, 6) is -3.38. The smallest absolute Gasteiger partial charge is 0.326 e. The number of nitrogens with zero attached hydrogens (tertiary/aromatic N) is 1. The topological polar surface area (TPSA) is 241 Å². The number of nitrogens with one attached hydrogen (secondary N) is 3. The lowest BCUT2D eigenvalue weighted by molar-refractivity contribution is -0.142. The number of carboxylic acids is 1. The Morgan fingerprint density at radius 3 is 1.79 bits per heavy atom. The van der Waals surface area contributed by atoms with Gasteiger partial charge in [-0.05, 0) is 38.6 Å². The van der Waals surface area contributed by atoms with Crippen LogP contribution in [0.15, 0.2) is 4.99 Å². The number of carbonyl (C=O) groups is 4. The predicted molar refractivity (Wildman–Crippen MR) is 132 cm³/mol. The fraction of sp³-hybridized carbons (Fsp3) is 0.722. The minimum atomic E-state index is -1.20. The number of carboxylic acid groups (broad SMARTS) is 1. The molecule has 0 bridgehead atoms. The minimum Gasteiger partial charge on any atom is -0.480 e. The fourth-order valence-corrected chi connectivity index (χ4v) is 3.13. The van der Waals surface area contributed by atoms with Crippen LogP contribution in [0.25, 0.3) is 0 Å². The van der Waals surface area contributed by atoms with Gasteiger partial charge in [-0.1, -0.05) is 0 Å². The molecule has 12 N–H and O–H groups in total. The van der Waals surface area contributed by atoms with Crippen molar-refractivity contribution in [2.24, 2.45) is 27.9 Å². The van der Waals surface area contributed by atoms with E-state index >= 15 is 0 Å². The van der Waals surface area contributed by atoms with Crippen LogP contribution in [0.3, 0.4) is 0 Å². The molecular formula is C18H36N8O5S2. The highest BCUT2D eigenvalue weighted by Crippen LogP contribution is 2.03. The zero-order valence-electron chi connectivity index (χ0n) is 18.4. The van der Waals surface area contributed by atoms with E-state index in [4.69, 9.17) is 22.9 Å². The molecule has 0 fully saturated rings. The van der Waals surface area contributed by atoms with Crippen molar-refractivity contribution in [1.82, 2.24) is 16.0 Å². The largest absolute Gasteiger partial charge is 0.480 e. The summed E-state index contributed by atoms with van der Waals surface area (Å²) >= 11 is 8.13. The molecule has 33 heavy (non-hydrogen) atoms. The predicted octanol–water partition coefficient (Wildman–Crippen LogP) is -3.11. The molecule has 3 amide bonds.